The summed E-state index contributed by atoms with van der Waals surface area (Å²) in [6.45, 7) is 5.40. The second-order valence-electron chi connectivity index (χ2n) is 5.17. The predicted octanol–water partition coefficient (Wildman–Crippen LogP) is 3.03. The first-order chi connectivity index (χ1) is 10.2. The number of nitrogens with one attached hydrogen (secondary N) is 1. The van der Waals surface area contributed by atoms with Gasteiger partial charge in [-0.1, -0.05) is 12.1 Å². The van der Waals surface area contributed by atoms with Crippen molar-refractivity contribution < 1.29 is 9.47 Å². The minimum Gasteiger partial charge on any atom is -0.486 e. The highest BCUT2D eigenvalue weighted by Gasteiger charge is 2.22. The van der Waals surface area contributed by atoms with Gasteiger partial charge in [0.25, 0.3) is 0 Å². The zero-order valence-electron chi connectivity index (χ0n) is 12.6. The number of hydrogen-bond acceptors (Lipinski definition) is 5. The Kier molecular flexibility index (Phi) is 4.12. The van der Waals surface area contributed by atoms with Crippen molar-refractivity contribution in [2.45, 2.75) is 26.3 Å². The Balaban J connectivity index is 1.89. The van der Waals surface area contributed by atoms with Gasteiger partial charge in [-0.05, 0) is 27.0 Å². The van der Waals surface area contributed by atoms with Gasteiger partial charge in [0.1, 0.15) is 13.2 Å². The number of rotatable bonds is 4. The van der Waals surface area contributed by atoms with Crippen molar-refractivity contribution in [2.75, 3.05) is 20.3 Å². The second-order valence-corrected chi connectivity index (χ2v) is 6.45. The van der Waals surface area contributed by atoms with E-state index >= 15 is 0 Å². The predicted molar refractivity (Wildman–Crippen MR) is 84.5 cm³/mol. The maximum Gasteiger partial charge on any atom is 0.166 e. The lowest BCUT2D eigenvalue weighted by Gasteiger charge is -2.24. The second kappa shape index (κ2) is 6.03. The van der Waals surface area contributed by atoms with E-state index in [1.165, 1.54) is 4.88 Å². The first-order valence-electron chi connectivity index (χ1n) is 7.17. The number of ether oxygens (including phenoxy) is 2. The number of nitrogens with zero attached hydrogens (tertiary/aromatic N) is 1. The van der Waals surface area contributed by atoms with Crippen molar-refractivity contribution in [1.82, 2.24) is 10.3 Å². The number of aryl methyl sites for hydroxylation is 2. The van der Waals surface area contributed by atoms with E-state index in [0.717, 1.165) is 34.2 Å². The fourth-order valence-corrected chi connectivity index (χ4v) is 3.52. The van der Waals surface area contributed by atoms with Crippen LogP contribution < -0.4 is 14.8 Å². The van der Waals surface area contributed by atoms with Crippen LogP contribution in [0.3, 0.4) is 0 Å². The van der Waals surface area contributed by atoms with Crippen molar-refractivity contribution in [3.63, 3.8) is 0 Å². The summed E-state index contributed by atoms with van der Waals surface area (Å²) in [6.07, 6.45) is 0.857. The van der Waals surface area contributed by atoms with Gasteiger partial charge in [0, 0.05) is 22.9 Å². The Bertz CT molecular complexity index is 620. The summed E-state index contributed by atoms with van der Waals surface area (Å²) in [5, 5.41) is 4.53. The van der Waals surface area contributed by atoms with Crippen LogP contribution in [-0.2, 0) is 6.42 Å². The molecule has 1 aromatic carbocycles. The van der Waals surface area contributed by atoms with Gasteiger partial charge >= 0.3 is 0 Å². The molecule has 5 heteroatoms. The van der Waals surface area contributed by atoms with E-state index in [4.69, 9.17) is 9.47 Å². The van der Waals surface area contributed by atoms with Crippen molar-refractivity contribution in [2.24, 2.45) is 0 Å². The Hall–Kier alpha value is -1.59. The molecular weight excluding hydrogens is 284 g/mol. The Morgan fingerprint density at radius 3 is 2.81 bits per heavy atom. The number of thiazole rings is 1. The van der Waals surface area contributed by atoms with E-state index in [0.29, 0.717) is 13.2 Å². The smallest absolute Gasteiger partial charge is 0.166 e. The zero-order valence-corrected chi connectivity index (χ0v) is 13.4. The van der Waals surface area contributed by atoms with Crippen LogP contribution in [0.5, 0.6) is 11.5 Å². The molecule has 3 rings (SSSR count). The summed E-state index contributed by atoms with van der Waals surface area (Å²) in [5.74, 6) is 1.71. The van der Waals surface area contributed by atoms with E-state index in [1.807, 2.05) is 19.2 Å². The van der Waals surface area contributed by atoms with E-state index in [2.05, 4.69) is 30.2 Å². The van der Waals surface area contributed by atoms with Crippen molar-refractivity contribution in [1.29, 1.82) is 0 Å². The van der Waals surface area contributed by atoms with E-state index < -0.39 is 0 Å². The third kappa shape index (κ3) is 2.89. The number of aromatic nitrogens is 1. The number of fused-ring (bicyclic) bond motifs is 1. The summed E-state index contributed by atoms with van der Waals surface area (Å²) < 4.78 is 11.5. The molecule has 1 atom stereocenters. The van der Waals surface area contributed by atoms with Gasteiger partial charge in [-0.3, -0.25) is 0 Å². The molecule has 1 N–H and O–H groups in total. The number of likely N-dealkylation sites (N-methyl/N-ethyl adjacent to an activating group) is 1. The van der Waals surface area contributed by atoms with Crippen molar-refractivity contribution in [3.8, 4) is 11.5 Å². The summed E-state index contributed by atoms with van der Waals surface area (Å²) in [7, 11) is 1.97. The van der Waals surface area contributed by atoms with Gasteiger partial charge in [-0.2, -0.15) is 0 Å². The Morgan fingerprint density at radius 1 is 1.29 bits per heavy atom. The van der Waals surface area contributed by atoms with Crippen LogP contribution in [0, 0.1) is 13.8 Å². The van der Waals surface area contributed by atoms with Crippen LogP contribution >= 0.6 is 11.3 Å². The van der Waals surface area contributed by atoms with Gasteiger partial charge in [0.05, 0.1) is 10.7 Å². The van der Waals surface area contributed by atoms with E-state index in [1.54, 1.807) is 11.3 Å². The molecule has 1 aliphatic heterocycles. The number of hydrogen-bond donors (Lipinski definition) is 1. The van der Waals surface area contributed by atoms with Gasteiger partial charge in [0.2, 0.25) is 0 Å². The topological polar surface area (TPSA) is 43.4 Å². The quantitative estimate of drug-likeness (QED) is 0.943. The van der Waals surface area contributed by atoms with Crippen molar-refractivity contribution >= 4 is 11.3 Å². The summed E-state index contributed by atoms with van der Waals surface area (Å²) in [5.41, 5.74) is 2.26. The average molecular weight is 304 g/mol. The third-order valence-electron chi connectivity index (χ3n) is 3.77. The molecule has 0 saturated heterocycles. The molecule has 1 unspecified atom stereocenters. The maximum absolute atomic E-state index is 5.82. The normalized spacial score (nSPS) is 15.0. The molecule has 0 saturated carbocycles. The standard InChI is InChI=1S/C16H20N2O2S/c1-10-11(2)21-15(18-10)9-13(17-3)12-5-4-6-14-16(12)20-8-7-19-14/h4-6,13,17H,7-9H2,1-3H3. The van der Waals surface area contributed by atoms with E-state index in [-0.39, 0.29) is 6.04 Å². The Morgan fingerprint density at radius 2 is 2.10 bits per heavy atom. The highest BCUT2D eigenvalue weighted by atomic mass is 32.1. The fraction of sp³-hybridized carbons (Fsp3) is 0.438. The van der Waals surface area contributed by atoms with Crippen LogP contribution in [0.15, 0.2) is 18.2 Å². The average Bonchev–Trinajstić information content (AvgIpc) is 2.82. The molecule has 112 valence electrons. The highest BCUT2D eigenvalue weighted by Crippen LogP contribution is 2.38. The molecule has 0 spiro atoms. The molecule has 0 amide bonds. The SMILES string of the molecule is CNC(Cc1nc(C)c(C)s1)c1cccc2c1OCCO2. The molecule has 21 heavy (non-hydrogen) atoms. The lowest BCUT2D eigenvalue weighted by Crippen LogP contribution is -2.23. The first-order valence-corrected chi connectivity index (χ1v) is 7.99. The number of benzene rings is 1. The highest BCUT2D eigenvalue weighted by molar-refractivity contribution is 7.11. The van der Waals surface area contributed by atoms with Gasteiger partial charge in [-0.25, -0.2) is 4.98 Å². The molecule has 0 aliphatic carbocycles. The molecule has 0 radical (unpaired) electrons. The minimum atomic E-state index is 0.173. The summed E-state index contributed by atoms with van der Waals surface area (Å²) in [6, 6.07) is 6.25. The van der Waals surface area contributed by atoms with Crippen LogP contribution in [0.25, 0.3) is 0 Å². The van der Waals surface area contributed by atoms with Crippen molar-refractivity contribution in [3.05, 3.63) is 39.3 Å². The minimum absolute atomic E-state index is 0.173. The first kappa shape index (κ1) is 14.4. The molecule has 2 heterocycles. The summed E-state index contributed by atoms with van der Waals surface area (Å²) in [4.78, 5) is 5.93. The van der Waals surface area contributed by atoms with Gasteiger partial charge < -0.3 is 14.8 Å². The maximum atomic E-state index is 5.82. The zero-order chi connectivity index (χ0) is 14.8. The van der Waals surface area contributed by atoms with Crippen LogP contribution in [0.4, 0.5) is 0 Å². The third-order valence-corrected chi connectivity index (χ3v) is 4.87. The summed E-state index contributed by atoms with van der Waals surface area (Å²) >= 11 is 1.77. The van der Waals surface area contributed by atoms with Crippen LogP contribution in [-0.4, -0.2) is 25.2 Å². The fourth-order valence-electron chi connectivity index (χ4n) is 2.54. The molecule has 4 nitrogen and oxygen atoms in total. The lowest BCUT2D eigenvalue weighted by molar-refractivity contribution is 0.168. The monoisotopic (exact) mass is 304 g/mol. The van der Waals surface area contributed by atoms with Gasteiger partial charge in [-0.15, -0.1) is 11.3 Å². The van der Waals surface area contributed by atoms with E-state index in [9.17, 15) is 0 Å². The van der Waals surface area contributed by atoms with Crippen LogP contribution in [0.2, 0.25) is 0 Å². The molecule has 1 aliphatic rings. The van der Waals surface area contributed by atoms with Crippen LogP contribution in [0.1, 0.15) is 27.2 Å². The Labute approximate surface area is 129 Å². The largest absolute Gasteiger partial charge is 0.486 e. The molecule has 0 fully saturated rings. The molecular formula is C16H20N2O2S. The van der Waals surface area contributed by atoms with Gasteiger partial charge in [0.15, 0.2) is 11.5 Å². The lowest BCUT2D eigenvalue weighted by atomic mass is 10.0. The molecule has 2 aromatic rings. The molecule has 0 bridgehead atoms. The number of para-hydroxylation sites is 1. The molecule has 1 aromatic heterocycles.